The number of carbonyl (C=O) groups excluding carboxylic acids is 1. The summed E-state index contributed by atoms with van der Waals surface area (Å²) in [5.74, 6) is 0.764. The lowest BCUT2D eigenvalue weighted by atomic mass is 10.1. The smallest absolute Gasteiger partial charge is 0.253 e. The van der Waals surface area contributed by atoms with Crippen molar-refractivity contribution in [2.45, 2.75) is 13.5 Å². The van der Waals surface area contributed by atoms with Gasteiger partial charge in [-0.3, -0.25) is 4.79 Å². The van der Waals surface area contributed by atoms with Crippen molar-refractivity contribution >= 4 is 11.6 Å². The zero-order valence-electron chi connectivity index (χ0n) is 10.2. The summed E-state index contributed by atoms with van der Waals surface area (Å²) in [5, 5.41) is 9.42. The predicted molar refractivity (Wildman–Crippen MR) is 66.2 cm³/mol. The molecule has 6 nitrogen and oxygen atoms in total. The van der Waals surface area contributed by atoms with Crippen LogP contribution in [0.4, 0.5) is 5.69 Å². The summed E-state index contributed by atoms with van der Waals surface area (Å²) in [6, 6.07) is 7.27. The first-order chi connectivity index (χ1) is 8.70. The third-order valence-corrected chi connectivity index (χ3v) is 2.42. The Bertz CT molecular complexity index is 551. The van der Waals surface area contributed by atoms with Gasteiger partial charge in [-0.25, -0.2) is 0 Å². The van der Waals surface area contributed by atoms with Crippen LogP contribution in [0.1, 0.15) is 22.1 Å². The Morgan fingerprint density at radius 2 is 2.17 bits per heavy atom. The fraction of sp³-hybridized carbons (Fsp3) is 0.250. The Kier molecular flexibility index (Phi) is 3.57. The first-order valence-corrected chi connectivity index (χ1v) is 5.55. The summed E-state index contributed by atoms with van der Waals surface area (Å²) in [6.07, 6.45) is 0. The van der Waals surface area contributed by atoms with Crippen molar-refractivity contribution in [3.63, 3.8) is 0 Å². The molecule has 94 valence electrons. The number of aryl methyl sites for hydroxylation is 1. The number of hydrogen-bond acceptors (Lipinski definition) is 5. The molecular weight excluding hydrogens is 232 g/mol. The largest absolute Gasteiger partial charge is 0.387 e. The van der Waals surface area contributed by atoms with E-state index in [0.717, 1.165) is 5.69 Å². The highest BCUT2D eigenvalue weighted by atomic mass is 16.5. The van der Waals surface area contributed by atoms with Gasteiger partial charge in [0.2, 0.25) is 5.89 Å². The van der Waals surface area contributed by atoms with Gasteiger partial charge in [-0.2, -0.15) is 4.98 Å². The molecule has 0 bridgehead atoms. The molecular formula is C12H14N4O2. The molecule has 1 aromatic heterocycles. The average molecular weight is 246 g/mol. The van der Waals surface area contributed by atoms with Gasteiger partial charge in [0.1, 0.15) is 0 Å². The number of carbonyl (C=O) groups is 1. The van der Waals surface area contributed by atoms with E-state index < -0.39 is 0 Å². The number of amides is 1. The molecule has 2 N–H and O–H groups in total. The average Bonchev–Trinajstić information content (AvgIpc) is 2.81. The number of nitrogens with zero attached hydrogens (tertiary/aromatic N) is 2. The lowest BCUT2D eigenvalue weighted by molar-refractivity contribution is 0.0950. The SMILES string of the molecule is CNc1ccccc1C(=O)NCc1noc(C)n1. The van der Waals surface area contributed by atoms with Crippen molar-refractivity contribution in [3.05, 3.63) is 41.5 Å². The van der Waals surface area contributed by atoms with Crippen molar-refractivity contribution in [2.75, 3.05) is 12.4 Å². The van der Waals surface area contributed by atoms with E-state index in [2.05, 4.69) is 20.8 Å². The number of benzene rings is 1. The minimum atomic E-state index is -0.178. The molecule has 2 rings (SSSR count). The van der Waals surface area contributed by atoms with Crippen molar-refractivity contribution in [1.82, 2.24) is 15.5 Å². The molecule has 1 aromatic carbocycles. The van der Waals surface area contributed by atoms with Crippen LogP contribution in [0.15, 0.2) is 28.8 Å². The van der Waals surface area contributed by atoms with Gasteiger partial charge in [-0.05, 0) is 12.1 Å². The number of para-hydroxylation sites is 1. The maximum Gasteiger partial charge on any atom is 0.253 e. The first kappa shape index (κ1) is 12.1. The van der Waals surface area contributed by atoms with E-state index in [0.29, 0.717) is 17.3 Å². The van der Waals surface area contributed by atoms with E-state index >= 15 is 0 Å². The summed E-state index contributed by atoms with van der Waals surface area (Å²) >= 11 is 0. The molecule has 0 fully saturated rings. The maximum atomic E-state index is 12.0. The van der Waals surface area contributed by atoms with E-state index in [1.165, 1.54) is 0 Å². The number of nitrogens with one attached hydrogen (secondary N) is 2. The highest BCUT2D eigenvalue weighted by Crippen LogP contribution is 2.13. The van der Waals surface area contributed by atoms with Gasteiger partial charge in [0.05, 0.1) is 12.1 Å². The van der Waals surface area contributed by atoms with Gasteiger partial charge in [0.25, 0.3) is 5.91 Å². The summed E-state index contributed by atoms with van der Waals surface area (Å²) in [6.45, 7) is 1.95. The molecule has 0 saturated carbocycles. The van der Waals surface area contributed by atoms with Crippen LogP contribution in [0, 0.1) is 6.92 Å². The second-order valence-corrected chi connectivity index (χ2v) is 3.71. The molecule has 0 aliphatic rings. The van der Waals surface area contributed by atoms with Gasteiger partial charge >= 0.3 is 0 Å². The topological polar surface area (TPSA) is 80.0 Å². The molecule has 6 heteroatoms. The molecule has 1 amide bonds. The normalized spacial score (nSPS) is 10.1. The van der Waals surface area contributed by atoms with Crippen LogP contribution in [0.5, 0.6) is 0 Å². The fourth-order valence-electron chi connectivity index (χ4n) is 1.57. The standard InChI is InChI=1S/C12H14N4O2/c1-8-15-11(16-18-8)7-14-12(17)9-5-3-4-6-10(9)13-2/h3-6,13H,7H2,1-2H3,(H,14,17). The van der Waals surface area contributed by atoms with Crippen molar-refractivity contribution in [2.24, 2.45) is 0 Å². The van der Waals surface area contributed by atoms with E-state index in [-0.39, 0.29) is 12.5 Å². The van der Waals surface area contributed by atoms with E-state index in [1.54, 1.807) is 20.0 Å². The Morgan fingerprint density at radius 1 is 1.39 bits per heavy atom. The van der Waals surface area contributed by atoms with Gasteiger partial charge in [0.15, 0.2) is 5.82 Å². The van der Waals surface area contributed by atoms with Crippen molar-refractivity contribution < 1.29 is 9.32 Å². The maximum absolute atomic E-state index is 12.0. The quantitative estimate of drug-likeness (QED) is 0.851. The fourth-order valence-corrected chi connectivity index (χ4v) is 1.57. The predicted octanol–water partition coefficient (Wildman–Crippen LogP) is 1.35. The van der Waals surface area contributed by atoms with Gasteiger partial charge in [-0.15, -0.1) is 0 Å². The zero-order valence-corrected chi connectivity index (χ0v) is 10.2. The number of rotatable bonds is 4. The summed E-state index contributed by atoms with van der Waals surface area (Å²) < 4.78 is 4.82. The van der Waals surface area contributed by atoms with E-state index in [9.17, 15) is 4.79 Å². The molecule has 0 atom stereocenters. The molecule has 0 unspecified atom stereocenters. The van der Waals surface area contributed by atoms with Crippen molar-refractivity contribution in [1.29, 1.82) is 0 Å². The van der Waals surface area contributed by atoms with E-state index in [1.807, 2.05) is 18.2 Å². The Hall–Kier alpha value is -2.37. The Morgan fingerprint density at radius 3 is 2.83 bits per heavy atom. The van der Waals surface area contributed by atoms with Gasteiger partial charge in [0, 0.05) is 19.7 Å². The highest BCUT2D eigenvalue weighted by Gasteiger charge is 2.10. The minimum Gasteiger partial charge on any atom is -0.387 e. The van der Waals surface area contributed by atoms with Gasteiger partial charge in [-0.1, -0.05) is 17.3 Å². The third kappa shape index (κ3) is 2.65. The second kappa shape index (κ2) is 5.31. The monoisotopic (exact) mass is 246 g/mol. The molecule has 0 spiro atoms. The molecule has 2 aromatic rings. The third-order valence-electron chi connectivity index (χ3n) is 2.42. The second-order valence-electron chi connectivity index (χ2n) is 3.71. The molecule has 0 radical (unpaired) electrons. The van der Waals surface area contributed by atoms with Crippen molar-refractivity contribution in [3.8, 4) is 0 Å². The van der Waals surface area contributed by atoms with Crippen LogP contribution in [0.25, 0.3) is 0 Å². The zero-order chi connectivity index (χ0) is 13.0. The number of anilines is 1. The Labute approximate surface area is 104 Å². The molecule has 1 heterocycles. The molecule has 0 aliphatic heterocycles. The van der Waals surface area contributed by atoms with E-state index in [4.69, 9.17) is 4.52 Å². The first-order valence-electron chi connectivity index (χ1n) is 5.55. The van der Waals surface area contributed by atoms with Crippen LogP contribution < -0.4 is 10.6 Å². The van der Waals surface area contributed by atoms with Crippen LogP contribution in [0.3, 0.4) is 0 Å². The summed E-state index contributed by atoms with van der Waals surface area (Å²) in [5.41, 5.74) is 1.36. The molecule has 0 aliphatic carbocycles. The lowest BCUT2D eigenvalue weighted by Crippen LogP contribution is -2.24. The molecule has 18 heavy (non-hydrogen) atoms. The Balaban J connectivity index is 2.03. The van der Waals surface area contributed by atoms with Crippen LogP contribution in [-0.4, -0.2) is 23.1 Å². The van der Waals surface area contributed by atoms with Gasteiger partial charge < -0.3 is 15.2 Å². The summed E-state index contributed by atoms with van der Waals surface area (Å²) in [4.78, 5) is 16.0. The van der Waals surface area contributed by atoms with Crippen LogP contribution in [-0.2, 0) is 6.54 Å². The van der Waals surface area contributed by atoms with Crippen LogP contribution in [0.2, 0.25) is 0 Å². The number of aromatic nitrogens is 2. The lowest BCUT2D eigenvalue weighted by Gasteiger charge is -2.08. The van der Waals surface area contributed by atoms with Crippen LogP contribution >= 0.6 is 0 Å². The number of hydrogen-bond donors (Lipinski definition) is 2. The molecule has 0 saturated heterocycles. The minimum absolute atomic E-state index is 0.178. The summed E-state index contributed by atoms with van der Waals surface area (Å²) in [7, 11) is 1.77. The highest BCUT2D eigenvalue weighted by molar-refractivity contribution is 5.99.